The molecule has 0 saturated carbocycles. The number of fused-ring (bicyclic) bond motifs is 3. The number of benzene rings is 1. The van der Waals surface area contributed by atoms with Crippen LogP contribution in [0.15, 0.2) is 24.3 Å². The summed E-state index contributed by atoms with van der Waals surface area (Å²) < 4.78 is 42.8. The number of pyridine rings is 1. The predicted molar refractivity (Wildman–Crippen MR) is 127 cm³/mol. The Balaban J connectivity index is 1.61. The molecule has 0 spiro atoms. The summed E-state index contributed by atoms with van der Waals surface area (Å²) in [5.74, 6) is -0.368. The summed E-state index contributed by atoms with van der Waals surface area (Å²) in [7, 11) is 0. The van der Waals surface area contributed by atoms with E-state index in [0.29, 0.717) is 47.0 Å². The molecule has 0 bridgehead atoms. The average molecular weight is 515 g/mol. The number of aromatic nitrogens is 6. The third kappa shape index (κ3) is 4.32. The average Bonchev–Trinajstić information content (AvgIpc) is 3.34. The summed E-state index contributed by atoms with van der Waals surface area (Å²) in [6.07, 6.45) is -2.39. The van der Waals surface area contributed by atoms with Gasteiger partial charge in [0, 0.05) is 31.1 Å². The molecule has 194 valence electrons. The van der Waals surface area contributed by atoms with Crippen molar-refractivity contribution in [1.82, 2.24) is 34.9 Å². The molecule has 10 nitrogen and oxygen atoms in total. The highest BCUT2D eigenvalue weighted by molar-refractivity contribution is 5.90. The number of amides is 1. The number of rotatable bonds is 5. The fraction of sp³-hybridized carbons (Fsp3) is 0.417. The molecule has 1 aliphatic heterocycles. The van der Waals surface area contributed by atoms with Gasteiger partial charge in [-0.05, 0) is 43.2 Å². The van der Waals surface area contributed by atoms with Gasteiger partial charge in [0.2, 0.25) is 5.91 Å². The summed E-state index contributed by atoms with van der Waals surface area (Å²) in [6, 6.07) is 4.84. The van der Waals surface area contributed by atoms with Gasteiger partial charge in [-0.1, -0.05) is 18.2 Å². The maximum atomic E-state index is 14.8. The van der Waals surface area contributed by atoms with Crippen molar-refractivity contribution in [2.75, 3.05) is 18.4 Å². The van der Waals surface area contributed by atoms with Gasteiger partial charge in [-0.25, -0.2) is 23.1 Å². The second kappa shape index (κ2) is 9.21. The van der Waals surface area contributed by atoms with Crippen molar-refractivity contribution in [2.45, 2.75) is 51.7 Å². The van der Waals surface area contributed by atoms with Crippen LogP contribution in [0, 0.1) is 12.7 Å². The van der Waals surface area contributed by atoms with E-state index in [1.165, 1.54) is 23.6 Å². The number of halogens is 3. The van der Waals surface area contributed by atoms with Crippen LogP contribution in [-0.4, -0.2) is 59.0 Å². The Labute approximate surface area is 209 Å². The molecule has 0 unspecified atom stereocenters. The lowest BCUT2D eigenvalue weighted by Gasteiger charge is -2.38. The summed E-state index contributed by atoms with van der Waals surface area (Å²) >= 11 is 0. The van der Waals surface area contributed by atoms with Gasteiger partial charge in [0.25, 0.3) is 6.43 Å². The quantitative estimate of drug-likeness (QED) is 0.415. The number of alkyl halides is 2. The van der Waals surface area contributed by atoms with Crippen molar-refractivity contribution in [2.24, 2.45) is 0 Å². The molecule has 13 heteroatoms. The molecular weight excluding hydrogens is 489 g/mol. The van der Waals surface area contributed by atoms with E-state index in [1.807, 2.05) is 0 Å². The number of carbonyl (C=O) groups excluding carboxylic acids is 1. The highest BCUT2D eigenvalue weighted by Crippen LogP contribution is 2.38. The lowest BCUT2D eigenvalue weighted by Crippen LogP contribution is -2.44. The van der Waals surface area contributed by atoms with Gasteiger partial charge in [-0.3, -0.25) is 4.79 Å². The minimum absolute atomic E-state index is 0.0566. The number of likely N-dealkylation sites (tertiary alicyclic amines) is 1. The number of aliphatic hydroxyl groups is 1. The molecule has 1 aromatic carbocycles. The molecule has 5 rings (SSSR count). The first-order valence-corrected chi connectivity index (χ1v) is 11.8. The molecule has 4 heterocycles. The lowest BCUT2D eigenvalue weighted by molar-refractivity contribution is -0.133. The van der Waals surface area contributed by atoms with Crippen LogP contribution in [0.4, 0.5) is 19.0 Å². The van der Waals surface area contributed by atoms with Crippen LogP contribution in [0.2, 0.25) is 0 Å². The molecule has 1 atom stereocenters. The van der Waals surface area contributed by atoms with E-state index in [0.717, 1.165) is 6.07 Å². The van der Waals surface area contributed by atoms with Crippen molar-refractivity contribution in [3.05, 3.63) is 52.6 Å². The van der Waals surface area contributed by atoms with E-state index in [9.17, 15) is 23.1 Å². The zero-order valence-electron chi connectivity index (χ0n) is 20.4. The summed E-state index contributed by atoms with van der Waals surface area (Å²) in [6.45, 7) is 5.52. The zero-order valence-corrected chi connectivity index (χ0v) is 20.4. The molecule has 37 heavy (non-hydrogen) atoms. The fourth-order valence-electron chi connectivity index (χ4n) is 4.83. The number of aryl methyl sites for hydroxylation is 1. The minimum Gasteiger partial charge on any atom is -0.385 e. The number of piperidine rings is 1. The van der Waals surface area contributed by atoms with Gasteiger partial charge in [0.15, 0.2) is 11.3 Å². The normalized spacial score (nSPS) is 16.5. The summed E-state index contributed by atoms with van der Waals surface area (Å²) in [4.78, 5) is 22.4. The van der Waals surface area contributed by atoms with Gasteiger partial charge in [0.05, 0.1) is 22.6 Å². The summed E-state index contributed by atoms with van der Waals surface area (Å²) in [5, 5.41) is 27.1. The Morgan fingerprint density at radius 1 is 1.16 bits per heavy atom. The first kappa shape index (κ1) is 24.8. The highest BCUT2D eigenvalue weighted by atomic mass is 19.3. The lowest BCUT2D eigenvalue weighted by atomic mass is 9.84. The number of nitrogens with zero attached hydrogens (tertiary/aromatic N) is 7. The van der Waals surface area contributed by atoms with Gasteiger partial charge in [-0.2, -0.15) is 4.52 Å². The van der Waals surface area contributed by atoms with Crippen LogP contribution in [-0.2, 0) is 10.4 Å². The van der Waals surface area contributed by atoms with Crippen molar-refractivity contribution in [1.29, 1.82) is 0 Å². The molecule has 3 aromatic heterocycles. The Bertz CT molecular complexity index is 1500. The van der Waals surface area contributed by atoms with Gasteiger partial charge >= 0.3 is 0 Å². The predicted octanol–water partition coefficient (Wildman–Crippen LogP) is 3.46. The standard InChI is InChI=1S/C24H25F3N8O2/c1-12(15-5-4-6-16(19(15)25)20(26)27)28-21-17-11-18(24(37)7-9-34(10-8-24)14(3)36)23-31-32-33-35(23)22(17)30-13(2)29-21/h4-6,11-12,20,37H,7-10H2,1-3H3,(H,28,29,30)/t12-/m1/s1. The molecule has 2 N–H and O–H groups in total. The van der Waals surface area contributed by atoms with E-state index in [-0.39, 0.29) is 24.3 Å². The third-order valence-corrected chi connectivity index (χ3v) is 6.89. The molecular formula is C24H25F3N8O2. The second-order valence-corrected chi connectivity index (χ2v) is 9.28. The maximum Gasteiger partial charge on any atom is 0.266 e. The Kier molecular flexibility index (Phi) is 6.18. The van der Waals surface area contributed by atoms with Crippen LogP contribution in [0.1, 0.15) is 61.7 Å². The van der Waals surface area contributed by atoms with E-state index in [1.54, 1.807) is 24.8 Å². The molecule has 1 aliphatic rings. The fourth-order valence-corrected chi connectivity index (χ4v) is 4.83. The van der Waals surface area contributed by atoms with E-state index >= 15 is 0 Å². The first-order valence-electron chi connectivity index (χ1n) is 11.8. The molecule has 0 aliphatic carbocycles. The van der Waals surface area contributed by atoms with Gasteiger partial charge < -0.3 is 15.3 Å². The smallest absolute Gasteiger partial charge is 0.266 e. The minimum atomic E-state index is -2.94. The molecule has 1 saturated heterocycles. The van der Waals surface area contributed by atoms with E-state index in [4.69, 9.17) is 0 Å². The largest absolute Gasteiger partial charge is 0.385 e. The highest BCUT2D eigenvalue weighted by Gasteiger charge is 2.38. The van der Waals surface area contributed by atoms with Crippen LogP contribution >= 0.6 is 0 Å². The monoisotopic (exact) mass is 514 g/mol. The van der Waals surface area contributed by atoms with Crippen LogP contribution in [0.25, 0.3) is 16.7 Å². The van der Waals surface area contributed by atoms with E-state index < -0.39 is 29.4 Å². The molecule has 4 aromatic rings. The van der Waals surface area contributed by atoms with Crippen LogP contribution in [0.3, 0.4) is 0 Å². The molecule has 1 fully saturated rings. The molecule has 0 radical (unpaired) electrons. The summed E-state index contributed by atoms with van der Waals surface area (Å²) in [5.41, 5.74) is -0.812. The maximum absolute atomic E-state index is 14.8. The van der Waals surface area contributed by atoms with Crippen LogP contribution in [0.5, 0.6) is 0 Å². The number of hydrogen-bond donors (Lipinski definition) is 2. The Morgan fingerprint density at radius 2 is 1.86 bits per heavy atom. The number of nitrogens with one attached hydrogen (secondary N) is 1. The second-order valence-electron chi connectivity index (χ2n) is 9.28. The van der Waals surface area contributed by atoms with Gasteiger partial charge in [0.1, 0.15) is 17.5 Å². The Hall–Kier alpha value is -3.87. The third-order valence-electron chi connectivity index (χ3n) is 6.89. The topological polar surface area (TPSA) is 121 Å². The van der Waals surface area contributed by atoms with Crippen molar-refractivity contribution < 1.29 is 23.1 Å². The van der Waals surface area contributed by atoms with Crippen LogP contribution < -0.4 is 5.32 Å². The van der Waals surface area contributed by atoms with Crippen molar-refractivity contribution >= 4 is 28.4 Å². The van der Waals surface area contributed by atoms with Crippen molar-refractivity contribution in [3.63, 3.8) is 0 Å². The number of carbonyl (C=O) groups is 1. The number of hydrogen-bond acceptors (Lipinski definition) is 8. The first-order chi connectivity index (χ1) is 17.6. The zero-order chi connectivity index (χ0) is 26.5. The number of anilines is 1. The Morgan fingerprint density at radius 3 is 2.54 bits per heavy atom. The number of tetrazole rings is 1. The molecule has 1 amide bonds. The van der Waals surface area contributed by atoms with Crippen molar-refractivity contribution in [3.8, 4) is 0 Å². The van der Waals surface area contributed by atoms with Gasteiger partial charge in [-0.15, -0.1) is 5.10 Å². The van der Waals surface area contributed by atoms with E-state index in [2.05, 4.69) is 30.8 Å². The SMILES string of the molecule is CC(=O)N1CCC(O)(c2cc3c(N[C@H](C)c4cccc(C(F)F)c4F)nc(C)nc3n3nnnc23)CC1.